The maximum Gasteiger partial charge on any atom is 0.416 e. The summed E-state index contributed by atoms with van der Waals surface area (Å²) in [6, 6.07) is 10.9. The van der Waals surface area contributed by atoms with E-state index < -0.39 is 16.7 Å². The Morgan fingerprint density at radius 2 is 1.96 bits per heavy atom. The molecule has 27 heavy (non-hydrogen) atoms. The smallest absolute Gasteiger partial charge is 0.268 e. The number of hydrogen-bond acceptors (Lipinski definition) is 4. The molecule has 0 aliphatic heterocycles. The first-order valence-corrected chi connectivity index (χ1v) is 7.66. The Morgan fingerprint density at radius 1 is 1.22 bits per heavy atom. The van der Waals surface area contributed by atoms with Gasteiger partial charge in [0.2, 0.25) is 0 Å². The minimum Gasteiger partial charge on any atom is -0.268 e. The molecule has 0 aliphatic rings. The number of nitrogens with zero attached hydrogens (tertiary/aromatic N) is 4. The summed E-state index contributed by atoms with van der Waals surface area (Å²) in [5, 5.41) is 24.1. The van der Waals surface area contributed by atoms with Crippen molar-refractivity contribution in [3.63, 3.8) is 0 Å². The third-order valence-electron chi connectivity index (χ3n) is 3.93. The van der Waals surface area contributed by atoms with Crippen molar-refractivity contribution >= 4 is 5.69 Å². The van der Waals surface area contributed by atoms with Gasteiger partial charge in [0.1, 0.15) is 6.07 Å². The summed E-state index contributed by atoms with van der Waals surface area (Å²) >= 11 is 0. The molecule has 0 atom stereocenters. The highest BCUT2D eigenvalue weighted by Crippen LogP contribution is 2.32. The van der Waals surface area contributed by atoms with E-state index in [9.17, 15) is 28.5 Å². The Hall–Kier alpha value is -3.67. The second-order valence-electron chi connectivity index (χ2n) is 5.68. The first-order chi connectivity index (χ1) is 12.8. The average molecular weight is 372 g/mol. The third-order valence-corrected chi connectivity index (χ3v) is 3.93. The molecular weight excluding hydrogens is 361 g/mol. The van der Waals surface area contributed by atoms with Crippen LogP contribution in [0.5, 0.6) is 0 Å². The van der Waals surface area contributed by atoms with Gasteiger partial charge < -0.3 is 0 Å². The van der Waals surface area contributed by atoms with Crippen molar-refractivity contribution in [2.75, 3.05) is 0 Å². The number of halogens is 3. The number of aromatic nitrogens is 2. The van der Waals surface area contributed by atoms with E-state index in [1.165, 1.54) is 47.4 Å². The van der Waals surface area contributed by atoms with Crippen LogP contribution in [0.4, 0.5) is 18.9 Å². The van der Waals surface area contributed by atoms with Crippen LogP contribution in [0.25, 0.3) is 11.1 Å². The second-order valence-corrected chi connectivity index (χ2v) is 5.68. The Morgan fingerprint density at radius 3 is 2.63 bits per heavy atom. The number of hydrogen-bond donors (Lipinski definition) is 0. The molecule has 1 aromatic heterocycles. The molecule has 3 rings (SSSR count). The Bertz CT molecular complexity index is 1050. The first kappa shape index (κ1) is 18.1. The summed E-state index contributed by atoms with van der Waals surface area (Å²) in [7, 11) is 0. The minimum absolute atomic E-state index is 0.0591. The molecule has 0 spiro atoms. The van der Waals surface area contributed by atoms with Crippen molar-refractivity contribution in [3.8, 4) is 17.2 Å². The summed E-state index contributed by atoms with van der Waals surface area (Å²) in [5.41, 5.74) is 0.0737. The number of benzene rings is 2. The topological polar surface area (TPSA) is 84.8 Å². The summed E-state index contributed by atoms with van der Waals surface area (Å²) in [5.74, 6) is 0. The lowest BCUT2D eigenvalue weighted by Gasteiger charge is -2.12. The van der Waals surface area contributed by atoms with Crippen molar-refractivity contribution in [1.82, 2.24) is 9.78 Å². The highest BCUT2D eigenvalue weighted by Gasteiger charge is 2.32. The lowest BCUT2D eigenvalue weighted by molar-refractivity contribution is -0.384. The fourth-order valence-corrected chi connectivity index (χ4v) is 2.69. The van der Waals surface area contributed by atoms with E-state index in [0.717, 1.165) is 12.1 Å². The zero-order valence-electron chi connectivity index (χ0n) is 13.6. The van der Waals surface area contributed by atoms with Gasteiger partial charge in [-0.25, -0.2) is 0 Å². The van der Waals surface area contributed by atoms with Gasteiger partial charge >= 0.3 is 6.18 Å². The van der Waals surface area contributed by atoms with Gasteiger partial charge in [-0.15, -0.1) is 0 Å². The van der Waals surface area contributed by atoms with Crippen molar-refractivity contribution in [2.45, 2.75) is 12.7 Å². The van der Waals surface area contributed by atoms with Crippen molar-refractivity contribution in [2.24, 2.45) is 0 Å². The van der Waals surface area contributed by atoms with Gasteiger partial charge in [0.15, 0.2) is 0 Å². The number of rotatable bonds is 4. The van der Waals surface area contributed by atoms with E-state index in [1.807, 2.05) is 6.07 Å². The fourth-order valence-electron chi connectivity index (χ4n) is 2.69. The van der Waals surface area contributed by atoms with Crippen molar-refractivity contribution < 1.29 is 18.1 Å². The van der Waals surface area contributed by atoms with Crippen LogP contribution in [-0.2, 0) is 12.7 Å². The SMILES string of the molecule is N#Cc1cc([N+](=O)[O-])ccc1-c1cnn(Cc2ccccc2C(F)(F)F)c1. The van der Waals surface area contributed by atoms with Crippen LogP contribution in [0.1, 0.15) is 16.7 Å². The normalized spacial score (nSPS) is 11.2. The molecule has 136 valence electrons. The standard InChI is InChI=1S/C18H11F3N4O2/c19-18(20,21)17-4-2-1-3-12(17)10-24-11-14(9-23-24)16-6-5-15(25(26)27)7-13(16)8-22/h1-7,9,11H,10H2. The van der Waals surface area contributed by atoms with Crippen LogP contribution < -0.4 is 0 Å². The van der Waals surface area contributed by atoms with E-state index in [1.54, 1.807) is 0 Å². The predicted molar refractivity (Wildman–Crippen MR) is 89.6 cm³/mol. The summed E-state index contributed by atoms with van der Waals surface area (Å²) in [4.78, 5) is 10.2. The molecule has 0 saturated carbocycles. The van der Waals surface area contributed by atoms with Gasteiger partial charge in [0.05, 0.1) is 28.8 Å². The summed E-state index contributed by atoms with van der Waals surface area (Å²) in [6.45, 7) is -0.107. The Balaban J connectivity index is 1.93. The van der Waals surface area contributed by atoms with E-state index in [0.29, 0.717) is 11.1 Å². The van der Waals surface area contributed by atoms with E-state index in [2.05, 4.69) is 5.10 Å². The summed E-state index contributed by atoms with van der Waals surface area (Å²) in [6.07, 6.45) is -1.58. The second kappa shape index (κ2) is 6.92. The van der Waals surface area contributed by atoms with Gasteiger partial charge in [0.25, 0.3) is 5.69 Å². The predicted octanol–water partition coefficient (Wildman–Crippen LogP) is 4.40. The van der Waals surface area contributed by atoms with Crippen LogP contribution >= 0.6 is 0 Å². The highest BCUT2D eigenvalue weighted by atomic mass is 19.4. The maximum absolute atomic E-state index is 13.1. The third kappa shape index (κ3) is 3.79. The van der Waals surface area contributed by atoms with Crippen molar-refractivity contribution in [3.05, 3.63) is 81.7 Å². The number of non-ortho nitro benzene ring substituents is 1. The zero-order chi connectivity index (χ0) is 19.6. The number of nitro groups is 1. The van der Waals surface area contributed by atoms with E-state index >= 15 is 0 Å². The molecular formula is C18H11F3N4O2. The van der Waals surface area contributed by atoms with Gasteiger partial charge in [-0.2, -0.15) is 23.5 Å². The molecule has 0 aliphatic carbocycles. The molecule has 0 amide bonds. The zero-order valence-corrected chi connectivity index (χ0v) is 13.6. The van der Waals surface area contributed by atoms with Crippen LogP contribution in [0.2, 0.25) is 0 Å². The summed E-state index contributed by atoms with van der Waals surface area (Å²) < 4.78 is 40.6. The lowest BCUT2D eigenvalue weighted by atomic mass is 10.0. The molecule has 3 aromatic rings. The number of nitriles is 1. The highest BCUT2D eigenvalue weighted by molar-refractivity contribution is 5.71. The van der Waals surface area contributed by atoms with E-state index in [-0.39, 0.29) is 23.4 Å². The molecule has 9 heteroatoms. The molecule has 0 unspecified atom stereocenters. The molecule has 0 fully saturated rings. The number of alkyl halides is 3. The molecule has 0 radical (unpaired) electrons. The minimum atomic E-state index is -4.47. The van der Waals surface area contributed by atoms with Crippen LogP contribution in [0, 0.1) is 21.4 Å². The molecule has 1 heterocycles. The average Bonchev–Trinajstić information content (AvgIpc) is 3.09. The Kier molecular flexibility index (Phi) is 4.64. The van der Waals surface area contributed by atoms with Gasteiger partial charge in [-0.1, -0.05) is 18.2 Å². The molecule has 6 nitrogen and oxygen atoms in total. The van der Waals surface area contributed by atoms with E-state index in [4.69, 9.17) is 0 Å². The van der Waals surface area contributed by atoms with Crippen LogP contribution in [-0.4, -0.2) is 14.7 Å². The quantitative estimate of drug-likeness (QED) is 0.502. The van der Waals surface area contributed by atoms with Crippen LogP contribution in [0.3, 0.4) is 0 Å². The largest absolute Gasteiger partial charge is 0.416 e. The Labute approximate surface area is 151 Å². The van der Waals surface area contributed by atoms with Gasteiger partial charge in [-0.05, 0) is 17.7 Å². The molecule has 2 aromatic carbocycles. The fraction of sp³-hybridized carbons (Fsp3) is 0.111. The lowest BCUT2D eigenvalue weighted by Crippen LogP contribution is -2.11. The van der Waals surface area contributed by atoms with Gasteiger partial charge in [-0.3, -0.25) is 14.8 Å². The maximum atomic E-state index is 13.1. The van der Waals surface area contributed by atoms with Crippen LogP contribution in [0.15, 0.2) is 54.9 Å². The molecule has 0 bridgehead atoms. The monoisotopic (exact) mass is 372 g/mol. The molecule has 0 saturated heterocycles. The van der Waals surface area contributed by atoms with Crippen molar-refractivity contribution in [1.29, 1.82) is 5.26 Å². The first-order valence-electron chi connectivity index (χ1n) is 7.66. The number of nitro benzene ring substituents is 1. The molecule has 0 N–H and O–H groups in total. The van der Waals surface area contributed by atoms with Gasteiger partial charge in [0, 0.05) is 29.5 Å².